The molecule has 0 radical (unpaired) electrons. The van der Waals surface area contributed by atoms with Gasteiger partial charge in [0.15, 0.2) is 24.6 Å². The predicted molar refractivity (Wildman–Crippen MR) is 109 cm³/mol. The van der Waals surface area contributed by atoms with Crippen molar-refractivity contribution in [1.29, 1.82) is 0 Å². The van der Waals surface area contributed by atoms with Gasteiger partial charge in [0.25, 0.3) is 17.5 Å². The molecule has 158 valence electrons. The lowest BCUT2D eigenvalue weighted by Crippen LogP contribution is -3.13. The van der Waals surface area contributed by atoms with Crippen LogP contribution in [0.2, 0.25) is 0 Å². The first-order valence-corrected chi connectivity index (χ1v) is 9.52. The molecule has 0 spiro atoms. The summed E-state index contributed by atoms with van der Waals surface area (Å²) in [6.07, 6.45) is 0. The number of ether oxygens (including phenoxy) is 2. The number of nitrogens with zero attached hydrogens (tertiary/aromatic N) is 1. The molecule has 0 saturated heterocycles. The molecule has 0 aromatic heterocycles. The molecule has 0 bridgehead atoms. The molecule has 1 unspecified atom stereocenters. The summed E-state index contributed by atoms with van der Waals surface area (Å²) in [5.74, 6) is 0.712. The summed E-state index contributed by atoms with van der Waals surface area (Å²) in [7, 11) is 0. The van der Waals surface area contributed by atoms with Crippen LogP contribution >= 0.6 is 0 Å². The Labute approximate surface area is 172 Å². The van der Waals surface area contributed by atoms with E-state index in [0.717, 1.165) is 4.90 Å². The molecule has 10 nitrogen and oxygen atoms in total. The molecule has 0 fully saturated rings. The molecule has 1 atom stereocenters. The molecule has 1 heterocycles. The molecule has 1 aliphatic heterocycles. The van der Waals surface area contributed by atoms with Crippen LogP contribution in [0.1, 0.15) is 6.92 Å². The van der Waals surface area contributed by atoms with Gasteiger partial charge in [0.05, 0.1) is 11.5 Å². The van der Waals surface area contributed by atoms with Crippen molar-refractivity contribution in [3.8, 4) is 11.5 Å². The Hall–Kier alpha value is -3.66. The number of hydrogen-bond acceptors (Lipinski definition) is 6. The molecule has 3 N–H and O–H groups in total. The molecule has 1 aliphatic rings. The van der Waals surface area contributed by atoms with E-state index in [9.17, 15) is 19.7 Å². The number of likely N-dealkylation sites (N-methyl/N-ethyl adjacent to an activating group) is 1. The number of hydrogen-bond donors (Lipinski definition) is 3. The topological polar surface area (TPSA) is 124 Å². The summed E-state index contributed by atoms with van der Waals surface area (Å²) < 4.78 is 11.0. The zero-order chi connectivity index (χ0) is 21.5. The fraction of sp³-hybridized carbons (Fsp3) is 0.300. The third-order valence-corrected chi connectivity index (χ3v) is 4.51. The minimum Gasteiger partial charge on any atom is -0.486 e. The van der Waals surface area contributed by atoms with E-state index in [4.69, 9.17) is 9.47 Å². The molecule has 0 aliphatic carbocycles. The highest BCUT2D eigenvalue weighted by atomic mass is 16.6. The highest BCUT2D eigenvalue weighted by Gasteiger charge is 2.18. The van der Waals surface area contributed by atoms with Gasteiger partial charge in [-0.25, -0.2) is 0 Å². The molecule has 3 rings (SSSR count). The Balaban J connectivity index is 1.51. The van der Waals surface area contributed by atoms with Crippen LogP contribution in [0.4, 0.5) is 17.1 Å². The van der Waals surface area contributed by atoms with Crippen LogP contribution in [0.25, 0.3) is 0 Å². The monoisotopic (exact) mass is 415 g/mol. The lowest BCUT2D eigenvalue weighted by molar-refractivity contribution is -0.881. The maximum Gasteiger partial charge on any atom is 0.279 e. The molecule has 0 saturated carbocycles. The van der Waals surface area contributed by atoms with Crippen LogP contribution in [-0.4, -0.2) is 49.6 Å². The van der Waals surface area contributed by atoms with Gasteiger partial charge in [-0.15, -0.1) is 0 Å². The standard InChI is InChI=1S/C20H22N4O6/c1-2-23(12-19(25)21-14-3-6-16(7-4-14)24(27)28)13-20(26)22-15-5-8-17-18(11-15)30-10-9-29-17/h3-8,11H,2,9-10,12-13H2,1H3,(H,21,25)(H,22,26)/p+1. The molecule has 2 aromatic rings. The number of rotatable bonds is 8. The minimum atomic E-state index is -0.505. The number of nitro groups is 1. The number of benzene rings is 2. The number of anilines is 2. The number of nitro benzene ring substituents is 1. The number of carbonyl (C=O) groups excluding carboxylic acids is 2. The predicted octanol–water partition coefficient (Wildman–Crippen LogP) is 0.848. The van der Waals surface area contributed by atoms with Gasteiger partial charge < -0.3 is 25.0 Å². The third-order valence-electron chi connectivity index (χ3n) is 4.51. The molecule has 2 amide bonds. The van der Waals surface area contributed by atoms with Crippen LogP contribution in [0.5, 0.6) is 11.5 Å². The number of fused-ring (bicyclic) bond motifs is 1. The summed E-state index contributed by atoms with van der Waals surface area (Å²) in [5, 5.41) is 16.2. The van der Waals surface area contributed by atoms with Gasteiger partial charge in [0.2, 0.25) is 0 Å². The largest absolute Gasteiger partial charge is 0.486 e. The Bertz CT molecular complexity index is 931. The Morgan fingerprint density at radius 2 is 1.53 bits per heavy atom. The number of nitrogens with one attached hydrogen (secondary N) is 3. The first kappa shape index (κ1) is 21.1. The third kappa shape index (κ3) is 5.67. The second-order valence-corrected chi connectivity index (χ2v) is 6.72. The summed E-state index contributed by atoms with van der Waals surface area (Å²) in [6.45, 7) is 3.60. The Morgan fingerprint density at radius 3 is 2.13 bits per heavy atom. The van der Waals surface area contributed by atoms with Gasteiger partial charge >= 0.3 is 0 Å². The van der Waals surface area contributed by atoms with Crippen molar-refractivity contribution in [2.75, 3.05) is 43.5 Å². The highest BCUT2D eigenvalue weighted by Crippen LogP contribution is 2.32. The SMILES string of the molecule is CC[NH+](CC(=O)Nc1ccc([N+](=O)[O-])cc1)CC(=O)Nc1ccc2c(c1)OCCO2. The average molecular weight is 415 g/mol. The van der Waals surface area contributed by atoms with Crippen molar-refractivity contribution in [2.45, 2.75) is 6.92 Å². The van der Waals surface area contributed by atoms with Crippen molar-refractivity contribution in [2.24, 2.45) is 0 Å². The number of amides is 2. The second-order valence-electron chi connectivity index (χ2n) is 6.72. The molecule has 30 heavy (non-hydrogen) atoms. The molecular formula is C20H23N4O6+. The number of carbonyl (C=O) groups is 2. The zero-order valence-electron chi connectivity index (χ0n) is 16.5. The van der Waals surface area contributed by atoms with Crippen molar-refractivity contribution >= 4 is 28.9 Å². The van der Waals surface area contributed by atoms with E-state index in [1.807, 2.05) is 6.92 Å². The lowest BCUT2D eigenvalue weighted by Gasteiger charge is -2.19. The van der Waals surface area contributed by atoms with Gasteiger partial charge in [-0.2, -0.15) is 0 Å². The normalized spacial score (nSPS) is 13.2. The minimum absolute atomic E-state index is 0.0513. The van der Waals surface area contributed by atoms with Crippen LogP contribution < -0.4 is 25.0 Å². The maximum absolute atomic E-state index is 12.4. The van der Waals surface area contributed by atoms with Crippen LogP contribution in [-0.2, 0) is 9.59 Å². The van der Waals surface area contributed by atoms with E-state index in [1.165, 1.54) is 24.3 Å². The second kappa shape index (κ2) is 9.70. The van der Waals surface area contributed by atoms with E-state index in [2.05, 4.69) is 10.6 Å². The van der Waals surface area contributed by atoms with E-state index in [1.54, 1.807) is 18.2 Å². The Kier molecular flexibility index (Phi) is 6.81. The van der Waals surface area contributed by atoms with Crippen molar-refractivity contribution in [3.63, 3.8) is 0 Å². The van der Waals surface area contributed by atoms with Gasteiger partial charge in [0, 0.05) is 29.6 Å². The average Bonchev–Trinajstić information content (AvgIpc) is 2.73. The van der Waals surface area contributed by atoms with Crippen LogP contribution in [0.3, 0.4) is 0 Å². The molecular weight excluding hydrogens is 392 g/mol. The summed E-state index contributed by atoms with van der Waals surface area (Å²) in [4.78, 5) is 35.6. The van der Waals surface area contributed by atoms with Crippen molar-refractivity contribution in [1.82, 2.24) is 0 Å². The Morgan fingerprint density at radius 1 is 0.967 bits per heavy atom. The lowest BCUT2D eigenvalue weighted by atomic mass is 10.2. The number of non-ortho nitro benzene ring substituents is 1. The van der Waals surface area contributed by atoms with Gasteiger partial charge in [-0.1, -0.05) is 0 Å². The molecule has 2 aromatic carbocycles. The number of quaternary nitrogens is 1. The smallest absolute Gasteiger partial charge is 0.279 e. The summed E-state index contributed by atoms with van der Waals surface area (Å²) >= 11 is 0. The van der Waals surface area contributed by atoms with Gasteiger partial charge in [-0.3, -0.25) is 19.7 Å². The van der Waals surface area contributed by atoms with E-state index < -0.39 is 4.92 Å². The van der Waals surface area contributed by atoms with Crippen LogP contribution in [0, 0.1) is 10.1 Å². The van der Waals surface area contributed by atoms with E-state index in [0.29, 0.717) is 42.6 Å². The van der Waals surface area contributed by atoms with Gasteiger partial charge in [0.1, 0.15) is 13.2 Å². The van der Waals surface area contributed by atoms with Crippen LogP contribution in [0.15, 0.2) is 42.5 Å². The summed E-state index contributed by atoms with van der Waals surface area (Å²) in [5.41, 5.74) is 1.00. The molecule has 10 heteroatoms. The highest BCUT2D eigenvalue weighted by molar-refractivity contribution is 5.93. The fourth-order valence-electron chi connectivity index (χ4n) is 2.96. The first-order chi connectivity index (χ1) is 14.4. The van der Waals surface area contributed by atoms with E-state index >= 15 is 0 Å². The maximum atomic E-state index is 12.4. The summed E-state index contributed by atoms with van der Waals surface area (Å²) in [6, 6.07) is 10.8. The fourth-order valence-corrected chi connectivity index (χ4v) is 2.96. The van der Waals surface area contributed by atoms with Crippen molar-refractivity contribution in [3.05, 3.63) is 52.6 Å². The first-order valence-electron chi connectivity index (χ1n) is 9.52. The van der Waals surface area contributed by atoms with Crippen molar-refractivity contribution < 1.29 is 28.9 Å². The van der Waals surface area contributed by atoms with E-state index in [-0.39, 0.29) is 30.6 Å². The zero-order valence-corrected chi connectivity index (χ0v) is 16.5. The quantitative estimate of drug-likeness (QED) is 0.434. The van der Waals surface area contributed by atoms with Gasteiger partial charge in [-0.05, 0) is 31.2 Å².